The first kappa shape index (κ1) is 13.3. The summed E-state index contributed by atoms with van der Waals surface area (Å²) in [7, 11) is 3.88. The first-order valence-electron chi connectivity index (χ1n) is 6.18. The summed E-state index contributed by atoms with van der Waals surface area (Å²) in [6.07, 6.45) is 1.75. The van der Waals surface area contributed by atoms with E-state index in [1.54, 1.807) is 12.3 Å². The fraction of sp³-hybridized carbons (Fsp3) is 0.267. The van der Waals surface area contributed by atoms with Crippen LogP contribution in [0.4, 0.5) is 15.9 Å². The average molecular weight is 259 g/mol. The molecule has 2 rings (SSSR count). The number of benzene rings is 1. The molecule has 100 valence electrons. The SMILES string of the molecule is Cc1ccc(F)c(CNc2ccc(N(C)C)nc2)c1. The third kappa shape index (κ3) is 3.44. The minimum Gasteiger partial charge on any atom is -0.380 e. The molecule has 3 nitrogen and oxygen atoms in total. The minimum absolute atomic E-state index is 0.184. The van der Waals surface area contributed by atoms with E-state index in [1.165, 1.54) is 6.07 Å². The Morgan fingerprint density at radius 1 is 1.21 bits per heavy atom. The number of pyridine rings is 1. The third-order valence-electron chi connectivity index (χ3n) is 2.89. The van der Waals surface area contributed by atoms with E-state index in [4.69, 9.17) is 0 Å². The quantitative estimate of drug-likeness (QED) is 0.914. The van der Waals surface area contributed by atoms with E-state index in [0.29, 0.717) is 12.1 Å². The highest BCUT2D eigenvalue weighted by Crippen LogP contribution is 2.15. The van der Waals surface area contributed by atoms with Gasteiger partial charge in [-0.05, 0) is 25.1 Å². The zero-order chi connectivity index (χ0) is 13.8. The standard InChI is InChI=1S/C15H18FN3/c1-11-4-6-14(16)12(8-11)9-17-13-5-7-15(18-10-13)19(2)3/h4-8,10,17H,9H2,1-3H3. The lowest BCUT2D eigenvalue weighted by molar-refractivity contribution is 0.612. The van der Waals surface area contributed by atoms with Gasteiger partial charge in [-0.2, -0.15) is 0 Å². The lowest BCUT2D eigenvalue weighted by Gasteiger charge is -2.12. The second-order valence-electron chi connectivity index (χ2n) is 4.75. The van der Waals surface area contributed by atoms with Gasteiger partial charge in [0.15, 0.2) is 0 Å². The summed E-state index contributed by atoms with van der Waals surface area (Å²) in [5.74, 6) is 0.711. The van der Waals surface area contributed by atoms with Crippen molar-refractivity contribution in [3.8, 4) is 0 Å². The molecule has 0 saturated carbocycles. The predicted molar refractivity (Wildman–Crippen MR) is 77.0 cm³/mol. The molecule has 1 aromatic heterocycles. The van der Waals surface area contributed by atoms with Gasteiger partial charge in [-0.15, -0.1) is 0 Å². The summed E-state index contributed by atoms with van der Waals surface area (Å²) in [6, 6.07) is 8.99. The van der Waals surface area contributed by atoms with Gasteiger partial charge >= 0.3 is 0 Å². The summed E-state index contributed by atoms with van der Waals surface area (Å²) in [6.45, 7) is 2.41. The van der Waals surface area contributed by atoms with Gasteiger partial charge in [-0.25, -0.2) is 9.37 Å². The summed E-state index contributed by atoms with van der Waals surface area (Å²) < 4.78 is 13.6. The predicted octanol–water partition coefficient (Wildman–Crippen LogP) is 3.21. The van der Waals surface area contributed by atoms with E-state index < -0.39 is 0 Å². The van der Waals surface area contributed by atoms with Gasteiger partial charge in [0.05, 0.1) is 11.9 Å². The van der Waals surface area contributed by atoms with E-state index in [-0.39, 0.29) is 5.82 Å². The maximum absolute atomic E-state index is 13.6. The van der Waals surface area contributed by atoms with Gasteiger partial charge in [0.1, 0.15) is 11.6 Å². The number of aromatic nitrogens is 1. The van der Waals surface area contributed by atoms with Gasteiger partial charge in [0.2, 0.25) is 0 Å². The van der Waals surface area contributed by atoms with Crippen LogP contribution < -0.4 is 10.2 Å². The molecule has 0 fully saturated rings. The van der Waals surface area contributed by atoms with Crippen LogP contribution >= 0.6 is 0 Å². The van der Waals surface area contributed by atoms with Gasteiger partial charge in [0.25, 0.3) is 0 Å². The summed E-state index contributed by atoms with van der Waals surface area (Å²) in [5.41, 5.74) is 2.60. The molecule has 0 aliphatic rings. The zero-order valence-corrected chi connectivity index (χ0v) is 11.4. The maximum atomic E-state index is 13.6. The van der Waals surface area contributed by atoms with Crippen LogP contribution in [0.5, 0.6) is 0 Å². The molecule has 0 atom stereocenters. The Balaban J connectivity index is 2.04. The Kier molecular flexibility index (Phi) is 4.00. The summed E-state index contributed by atoms with van der Waals surface area (Å²) in [5, 5.41) is 3.17. The molecular formula is C15H18FN3. The van der Waals surface area contributed by atoms with E-state index in [1.807, 2.05) is 44.1 Å². The Hall–Kier alpha value is -2.10. The average Bonchev–Trinajstić information content (AvgIpc) is 2.40. The molecule has 0 aliphatic heterocycles. The maximum Gasteiger partial charge on any atom is 0.128 e. The Morgan fingerprint density at radius 3 is 2.63 bits per heavy atom. The van der Waals surface area contributed by atoms with Gasteiger partial charge in [0, 0.05) is 26.2 Å². The van der Waals surface area contributed by atoms with E-state index in [0.717, 1.165) is 17.1 Å². The van der Waals surface area contributed by atoms with Crippen molar-refractivity contribution in [1.29, 1.82) is 0 Å². The first-order valence-corrected chi connectivity index (χ1v) is 6.18. The summed E-state index contributed by atoms with van der Waals surface area (Å²) >= 11 is 0. The number of rotatable bonds is 4. The van der Waals surface area contributed by atoms with Crippen molar-refractivity contribution in [2.24, 2.45) is 0 Å². The number of anilines is 2. The van der Waals surface area contributed by atoms with Crippen molar-refractivity contribution in [3.05, 3.63) is 53.5 Å². The van der Waals surface area contributed by atoms with Gasteiger partial charge in [-0.3, -0.25) is 0 Å². The van der Waals surface area contributed by atoms with Crippen molar-refractivity contribution in [1.82, 2.24) is 4.98 Å². The molecular weight excluding hydrogens is 241 g/mol. The molecule has 1 N–H and O–H groups in total. The number of hydrogen-bond acceptors (Lipinski definition) is 3. The molecule has 19 heavy (non-hydrogen) atoms. The number of nitrogens with one attached hydrogen (secondary N) is 1. The number of halogens is 1. The highest BCUT2D eigenvalue weighted by atomic mass is 19.1. The van der Waals surface area contributed by atoms with Crippen LogP contribution in [0.2, 0.25) is 0 Å². The fourth-order valence-corrected chi connectivity index (χ4v) is 1.79. The second kappa shape index (κ2) is 5.69. The molecule has 1 aromatic carbocycles. The van der Waals surface area contributed by atoms with Crippen LogP contribution in [0.25, 0.3) is 0 Å². The van der Waals surface area contributed by atoms with Crippen molar-refractivity contribution in [2.75, 3.05) is 24.3 Å². The van der Waals surface area contributed by atoms with Crippen LogP contribution in [0.1, 0.15) is 11.1 Å². The highest BCUT2D eigenvalue weighted by molar-refractivity contribution is 5.48. The normalized spacial score (nSPS) is 10.3. The Labute approximate surface area is 113 Å². The number of hydrogen-bond donors (Lipinski definition) is 1. The van der Waals surface area contributed by atoms with E-state index in [9.17, 15) is 4.39 Å². The van der Waals surface area contributed by atoms with Crippen molar-refractivity contribution >= 4 is 11.5 Å². The van der Waals surface area contributed by atoms with Crippen LogP contribution in [0.15, 0.2) is 36.5 Å². The number of nitrogens with zero attached hydrogens (tertiary/aromatic N) is 2. The monoisotopic (exact) mass is 259 g/mol. The zero-order valence-electron chi connectivity index (χ0n) is 11.4. The smallest absolute Gasteiger partial charge is 0.128 e. The largest absolute Gasteiger partial charge is 0.380 e. The fourth-order valence-electron chi connectivity index (χ4n) is 1.79. The molecule has 0 aliphatic carbocycles. The second-order valence-corrected chi connectivity index (χ2v) is 4.75. The lowest BCUT2D eigenvalue weighted by atomic mass is 10.1. The van der Waals surface area contributed by atoms with Crippen LogP contribution in [-0.4, -0.2) is 19.1 Å². The molecule has 1 heterocycles. The topological polar surface area (TPSA) is 28.2 Å². The van der Waals surface area contributed by atoms with Crippen LogP contribution in [-0.2, 0) is 6.54 Å². The van der Waals surface area contributed by atoms with E-state index in [2.05, 4.69) is 10.3 Å². The minimum atomic E-state index is -0.184. The van der Waals surface area contributed by atoms with Gasteiger partial charge < -0.3 is 10.2 Å². The molecule has 0 amide bonds. The van der Waals surface area contributed by atoms with Crippen molar-refractivity contribution in [3.63, 3.8) is 0 Å². The number of aryl methyl sites for hydroxylation is 1. The van der Waals surface area contributed by atoms with E-state index >= 15 is 0 Å². The van der Waals surface area contributed by atoms with Crippen molar-refractivity contribution < 1.29 is 4.39 Å². The van der Waals surface area contributed by atoms with Crippen molar-refractivity contribution in [2.45, 2.75) is 13.5 Å². The molecule has 2 aromatic rings. The highest BCUT2D eigenvalue weighted by Gasteiger charge is 2.03. The molecule has 0 saturated heterocycles. The first-order chi connectivity index (χ1) is 9.06. The lowest BCUT2D eigenvalue weighted by Crippen LogP contribution is -2.10. The van der Waals surface area contributed by atoms with Crippen LogP contribution in [0.3, 0.4) is 0 Å². The molecule has 0 radical (unpaired) electrons. The Morgan fingerprint density at radius 2 is 2.00 bits per heavy atom. The molecule has 0 spiro atoms. The summed E-state index contributed by atoms with van der Waals surface area (Å²) in [4.78, 5) is 6.23. The molecule has 0 bridgehead atoms. The molecule has 0 unspecified atom stereocenters. The molecule has 4 heteroatoms. The van der Waals surface area contributed by atoms with Crippen LogP contribution in [0, 0.1) is 12.7 Å². The van der Waals surface area contributed by atoms with Gasteiger partial charge in [-0.1, -0.05) is 17.7 Å². The Bertz CT molecular complexity index is 550. The third-order valence-corrected chi connectivity index (χ3v) is 2.89.